The van der Waals surface area contributed by atoms with Crippen molar-refractivity contribution in [2.75, 3.05) is 0 Å². The second-order valence-electron chi connectivity index (χ2n) is 6.91. The molecule has 1 amide bonds. The minimum atomic E-state index is -0.429. The van der Waals surface area contributed by atoms with Crippen LogP contribution < -0.4 is 5.73 Å². The van der Waals surface area contributed by atoms with Gasteiger partial charge in [0.15, 0.2) is 0 Å². The van der Waals surface area contributed by atoms with Crippen molar-refractivity contribution in [2.24, 2.45) is 11.7 Å². The quantitative estimate of drug-likeness (QED) is 0.688. The van der Waals surface area contributed by atoms with Crippen molar-refractivity contribution in [2.45, 2.75) is 48.7 Å². The molecule has 1 unspecified atom stereocenters. The second-order valence-corrected chi connectivity index (χ2v) is 8.19. The summed E-state index contributed by atoms with van der Waals surface area (Å²) in [7, 11) is 0. The van der Waals surface area contributed by atoms with Crippen LogP contribution in [0.25, 0.3) is 0 Å². The summed E-state index contributed by atoms with van der Waals surface area (Å²) in [6, 6.07) is 17.5. The average Bonchev–Trinajstić information content (AvgIpc) is 2.69. The molecule has 4 heteroatoms. The summed E-state index contributed by atoms with van der Waals surface area (Å²) in [6.45, 7) is 0. The van der Waals surface area contributed by atoms with E-state index in [0.717, 1.165) is 23.3 Å². The van der Waals surface area contributed by atoms with E-state index < -0.39 is 5.91 Å². The highest BCUT2D eigenvalue weighted by atomic mass is 32.2. The molecule has 26 heavy (non-hydrogen) atoms. The molecule has 0 bridgehead atoms. The molecular formula is C22H25NO2S. The van der Waals surface area contributed by atoms with Crippen molar-refractivity contribution in [3.8, 4) is 0 Å². The van der Waals surface area contributed by atoms with Gasteiger partial charge in [-0.1, -0.05) is 49.6 Å². The highest BCUT2D eigenvalue weighted by molar-refractivity contribution is 7.99. The van der Waals surface area contributed by atoms with Crippen LogP contribution in [0.3, 0.4) is 0 Å². The molecule has 3 rings (SSSR count). The number of hydrogen-bond acceptors (Lipinski definition) is 3. The smallest absolute Gasteiger partial charge is 0.248 e. The Bertz CT molecular complexity index is 736. The lowest BCUT2D eigenvalue weighted by atomic mass is 9.84. The lowest BCUT2D eigenvalue weighted by Crippen LogP contribution is -2.19. The van der Waals surface area contributed by atoms with E-state index in [1.54, 1.807) is 23.9 Å². The number of amides is 1. The van der Waals surface area contributed by atoms with Crippen molar-refractivity contribution in [1.82, 2.24) is 0 Å². The standard InChI is InChI=1S/C22H25NO2S/c23-22(25)18-13-11-17(12-14-18)21(26-19-9-5-2-6-10-19)15-20(24)16-7-3-1-4-8-16/h2,5-6,9-14,16,21H,1,3-4,7-8,15H2,(H2,23,25). The van der Waals surface area contributed by atoms with E-state index in [4.69, 9.17) is 5.73 Å². The molecule has 0 radical (unpaired) electrons. The third-order valence-corrected chi connectivity index (χ3v) is 6.30. The first kappa shape index (κ1) is 18.7. The first-order valence-corrected chi connectivity index (χ1v) is 10.2. The summed E-state index contributed by atoms with van der Waals surface area (Å²) in [5.74, 6) is 0.159. The third kappa shape index (κ3) is 4.98. The molecule has 1 aliphatic carbocycles. The van der Waals surface area contributed by atoms with Gasteiger partial charge in [-0.15, -0.1) is 11.8 Å². The SMILES string of the molecule is NC(=O)c1ccc(C(CC(=O)C2CCCCC2)Sc2ccccc2)cc1. The van der Waals surface area contributed by atoms with Crippen LogP contribution in [0.5, 0.6) is 0 Å². The molecule has 1 atom stereocenters. The predicted molar refractivity (Wildman–Crippen MR) is 106 cm³/mol. The largest absolute Gasteiger partial charge is 0.366 e. The Hall–Kier alpha value is -2.07. The number of primary amides is 1. The molecule has 1 aliphatic rings. The fraction of sp³-hybridized carbons (Fsp3) is 0.364. The summed E-state index contributed by atoms with van der Waals surface area (Å²) in [5, 5.41) is 0.0498. The third-order valence-electron chi connectivity index (χ3n) is 5.04. The Morgan fingerprint density at radius 3 is 2.23 bits per heavy atom. The predicted octanol–water partition coefficient (Wildman–Crippen LogP) is 5.16. The van der Waals surface area contributed by atoms with Crippen molar-refractivity contribution < 1.29 is 9.59 Å². The second kappa shape index (κ2) is 9.04. The molecule has 1 saturated carbocycles. The topological polar surface area (TPSA) is 60.2 Å². The monoisotopic (exact) mass is 367 g/mol. The molecule has 2 aromatic rings. The number of hydrogen-bond donors (Lipinski definition) is 1. The minimum Gasteiger partial charge on any atom is -0.366 e. The van der Waals surface area contributed by atoms with E-state index in [-0.39, 0.29) is 11.2 Å². The van der Waals surface area contributed by atoms with Gasteiger partial charge in [0.25, 0.3) is 0 Å². The summed E-state index contributed by atoms with van der Waals surface area (Å²) < 4.78 is 0. The van der Waals surface area contributed by atoms with Crippen molar-refractivity contribution >= 4 is 23.5 Å². The number of ketones is 1. The van der Waals surface area contributed by atoms with Gasteiger partial charge in [0.05, 0.1) is 0 Å². The van der Waals surface area contributed by atoms with Gasteiger partial charge in [-0.05, 0) is 42.7 Å². The van der Waals surface area contributed by atoms with Gasteiger partial charge in [0, 0.05) is 28.0 Å². The Morgan fingerprint density at radius 2 is 1.62 bits per heavy atom. The van der Waals surface area contributed by atoms with Crippen LogP contribution in [0.2, 0.25) is 0 Å². The number of carbonyl (C=O) groups is 2. The van der Waals surface area contributed by atoms with Gasteiger partial charge in [-0.2, -0.15) is 0 Å². The lowest BCUT2D eigenvalue weighted by Gasteiger charge is -2.23. The van der Waals surface area contributed by atoms with E-state index in [0.29, 0.717) is 17.8 Å². The maximum Gasteiger partial charge on any atom is 0.248 e. The van der Waals surface area contributed by atoms with Crippen LogP contribution in [-0.2, 0) is 4.79 Å². The van der Waals surface area contributed by atoms with Crippen LogP contribution >= 0.6 is 11.8 Å². The summed E-state index contributed by atoms with van der Waals surface area (Å²) in [6.07, 6.45) is 6.17. The van der Waals surface area contributed by atoms with E-state index >= 15 is 0 Å². The van der Waals surface area contributed by atoms with Crippen molar-refractivity contribution in [3.63, 3.8) is 0 Å². The zero-order valence-corrected chi connectivity index (χ0v) is 15.7. The van der Waals surface area contributed by atoms with Gasteiger partial charge in [0.1, 0.15) is 5.78 Å². The van der Waals surface area contributed by atoms with E-state index in [1.807, 2.05) is 30.3 Å². The summed E-state index contributed by atoms with van der Waals surface area (Å²) in [4.78, 5) is 25.3. The van der Waals surface area contributed by atoms with Gasteiger partial charge in [-0.3, -0.25) is 9.59 Å². The fourth-order valence-electron chi connectivity index (χ4n) is 3.53. The molecule has 3 nitrogen and oxygen atoms in total. The van der Waals surface area contributed by atoms with Gasteiger partial charge in [0.2, 0.25) is 5.91 Å². The van der Waals surface area contributed by atoms with Gasteiger partial charge >= 0.3 is 0 Å². The molecule has 0 spiro atoms. The van der Waals surface area contributed by atoms with E-state index in [9.17, 15) is 9.59 Å². The van der Waals surface area contributed by atoms with Crippen LogP contribution in [0.1, 0.15) is 59.7 Å². The maximum atomic E-state index is 12.9. The fourth-order valence-corrected chi connectivity index (χ4v) is 4.71. The van der Waals surface area contributed by atoms with Crippen LogP contribution in [-0.4, -0.2) is 11.7 Å². The molecule has 136 valence electrons. The van der Waals surface area contributed by atoms with E-state index in [1.165, 1.54) is 19.3 Å². The molecule has 0 aromatic heterocycles. The van der Waals surface area contributed by atoms with Crippen molar-refractivity contribution in [1.29, 1.82) is 0 Å². The van der Waals surface area contributed by atoms with Crippen molar-refractivity contribution in [3.05, 3.63) is 65.7 Å². The number of nitrogens with two attached hydrogens (primary N) is 1. The Morgan fingerprint density at radius 1 is 0.962 bits per heavy atom. The molecule has 0 aliphatic heterocycles. The number of rotatable bonds is 7. The number of benzene rings is 2. The summed E-state index contributed by atoms with van der Waals surface area (Å²) in [5.41, 5.74) is 6.90. The van der Waals surface area contributed by atoms with Gasteiger partial charge < -0.3 is 5.73 Å². The average molecular weight is 368 g/mol. The van der Waals surface area contributed by atoms with Crippen LogP contribution in [0.15, 0.2) is 59.5 Å². The molecule has 1 fully saturated rings. The zero-order valence-electron chi connectivity index (χ0n) is 14.9. The number of thioether (sulfide) groups is 1. The molecule has 0 heterocycles. The minimum absolute atomic E-state index is 0.0498. The normalized spacial score (nSPS) is 16.2. The molecule has 0 saturated heterocycles. The number of carbonyl (C=O) groups excluding carboxylic acids is 2. The zero-order chi connectivity index (χ0) is 18.4. The van der Waals surface area contributed by atoms with E-state index in [2.05, 4.69) is 12.1 Å². The lowest BCUT2D eigenvalue weighted by molar-refractivity contribution is -0.123. The highest BCUT2D eigenvalue weighted by Crippen LogP contribution is 2.39. The van der Waals surface area contributed by atoms with Crippen LogP contribution in [0, 0.1) is 5.92 Å². The van der Waals surface area contributed by atoms with Gasteiger partial charge in [-0.25, -0.2) is 0 Å². The Kier molecular flexibility index (Phi) is 6.51. The first-order valence-electron chi connectivity index (χ1n) is 9.27. The molecule has 2 aromatic carbocycles. The number of Topliss-reactive ketones (excluding diaryl/α,β-unsaturated/α-hetero) is 1. The molecular weight excluding hydrogens is 342 g/mol. The van der Waals surface area contributed by atoms with Crippen LogP contribution in [0.4, 0.5) is 0 Å². The molecule has 2 N–H and O–H groups in total. The first-order chi connectivity index (χ1) is 12.6. The summed E-state index contributed by atoms with van der Waals surface area (Å²) >= 11 is 1.71. The highest BCUT2D eigenvalue weighted by Gasteiger charge is 2.25. The maximum absolute atomic E-state index is 12.9. The Labute approximate surface area is 159 Å². The Balaban J connectivity index is 1.78.